The molecule has 6 heteroatoms. The van der Waals surface area contributed by atoms with Crippen LogP contribution in [-0.4, -0.2) is 43.6 Å². The smallest absolute Gasteiger partial charge is 0.323 e. The number of amidine groups is 1. The standard InChI is InChI=1S/C14H19N3O3/c1-3-20-11-7-5-4-6-10(11)12-13(15)16-14(18)17(12)8-9-19-2/h4-7,12H,3,8-9H2,1-2H3,(H2,15,16,18). The molecule has 6 nitrogen and oxygen atoms in total. The number of nitrogens with zero attached hydrogens (tertiary/aromatic N) is 1. The van der Waals surface area contributed by atoms with Crippen LogP contribution in [0.4, 0.5) is 4.79 Å². The molecule has 1 saturated heterocycles. The van der Waals surface area contributed by atoms with Crippen LogP contribution in [0.15, 0.2) is 24.3 Å². The number of hydrogen-bond donors (Lipinski definition) is 2. The Balaban J connectivity index is 2.32. The van der Waals surface area contributed by atoms with Gasteiger partial charge in [0.25, 0.3) is 0 Å². The molecule has 1 aromatic carbocycles. The molecule has 0 aromatic heterocycles. The molecule has 1 aromatic rings. The highest BCUT2D eigenvalue weighted by Crippen LogP contribution is 2.32. The average Bonchev–Trinajstić information content (AvgIpc) is 2.72. The fraction of sp³-hybridized carbons (Fsp3) is 0.429. The van der Waals surface area contributed by atoms with Crippen LogP contribution in [0, 0.1) is 5.41 Å². The van der Waals surface area contributed by atoms with Crippen LogP contribution in [-0.2, 0) is 4.74 Å². The van der Waals surface area contributed by atoms with Gasteiger partial charge in [-0.2, -0.15) is 0 Å². The summed E-state index contributed by atoms with van der Waals surface area (Å²) in [6, 6.07) is 6.77. The molecule has 0 spiro atoms. The highest BCUT2D eigenvalue weighted by atomic mass is 16.5. The number of amides is 2. The molecule has 2 amide bonds. The van der Waals surface area contributed by atoms with Gasteiger partial charge in [-0.3, -0.25) is 10.7 Å². The third-order valence-electron chi connectivity index (χ3n) is 3.14. The molecular formula is C14H19N3O3. The van der Waals surface area contributed by atoms with Crippen LogP contribution in [0.2, 0.25) is 0 Å². The van der Waals surface area contributed by atoms with Crippen molar-refractivity contribution in [3.8, 4) is 5.75 Å². The first-order valence-electron chi connectivity index (χ1n) is 6.55. The van der Waals surface area contributed by atoms with Gasteiger partial charge in [-0.1, -0.05) is 18.2 Å². The SMILES string of the molecule is CCOc1ccccc1C1C(=N)NC(=O)N1CCOC. The molecule has 0 saturated carbocycles. The summed E-state index contributed by atoms with van der Waals surface area (Å²) in [5.41, 5.74) is 0.814. The van der Waals surface area contributed by atoms with E-state index in [4.69, 9.17) is 14.9 Å². The van der Waals surface area contributed by atoms with Gasteiger partial charge in [-0.25, -0.2) is 4.79 Å². The molecular weight excluding hydrogens is 258 g/mol. The van der Waals surface area contributed by atoms with E-state index in [-0.39, 0.29) is 11.9 Å². The molecule has 1 fully saturated rings. The van der Waals surface area contributed by atoms with Gasteiger partial charge in [-0.15, -0.1) is 0 Å². The van der Waals surface area contributed by atoms with Gasteiger partial charge in [0.05, 0.1) is 13.2 Å². The summed E-state index contributed by atoms with van der Waals surface area (Å²) in [5.74, 6) is 0.863. The second kappa shape index (κ2) is 6.38. The van der Waals surface area contributed by atoms with E-state index in [0.29, 0.717) is 25.5 Å². The Morgan fingerprint density at radius 3 is 2.85 bits per heavy atom. The summed E-state index contributed by atoms with van der Waals surface area (Å²) in [4.78, 5) is 13.5. The molecule has 1 heterocycles. The van der Waals surface area contributed by atoms with E-state index in [0.717, 1.165) is 5.56 Å². The topological polar surface area (TPSA) is 74.7 Å². The Labute approximate surface area is 118 Å². The quantitative estimate of drug-likeness (QED) is 0.832. The number of nitrogens with one attached hydrogen (secondary N) is 2. The predicted molar refractivity (Wildman–Crippen MR) is 75.2 cm³/mol. The number of benzene rings is 1. The maximum atomic E-state index is 11.9. The summed E-state index contributed by atoms with van der Waals surface area (Å²) in [6.07, 6.45) is 0. The molecule has 0 aliphatic carbocycles. The van der Waals surface area contributed by atoms with Crippen molar-refractivity contribution in [1.29, 1.82) is 5.41 Å². The Kier molecular flexibility index (Phi) is 4.57. The summed E-state index contributed by atoms with van der Waals surface area (Å²) < 4.78 is 10.6. The van der Waals surface area contributed by atoms with Gasteiger partial charge in [0.1, 0.15) is 17.6 Å². The van der Waals surface area contributed by atoms with Crippen molar-refractivity contribution in [1.82, 2.24) is 10.2 Å². The van der Waals surface area contributed by atoms with Crippen molar-refractivity contribution in [3.05, 3.63) is 29.8 Å². The number of para-hydroxylation sites is 1. The molecule has 108 valence electrons. The van der Waals surface area contributed by atoms with Crippen LogP contribution < -0.4 is 10.1 Å². The van der Waals surface area contributed by atoms with Crippen LogP contribution in [0.25, 0.3) is 0 Å². The largest absolute Gasteiger partial charge is 0.494 e. The normalized spacial score (nSPS) is 18.3. The number of methoxy groups -OCH3 is 1. The van der Waals surface area contributed by atoms with Crippen molar-refractivity contribution >= 4 is 11.9 Å². The summed E-state index contributed by atoms with van der Waals surface area (Å²) >= 11 is 0. The molecule has 1 aliphatic rings. The second-order valence-corrected chi connectivity index (χ2v) is 4.40. The number of hydrogen-bond acceptors (Lipinski definition) is 4. The molecule has 2 rings (SSSR count). The van der Waals surface area contributed by atoms with Crippen LogP contribution >= 0.6 is 0 Å². The molecule has 1 atom stereocenters. The van der Waals surface area contributed by atoms with Crippen LogP contribution in [0.1, 0.15) is 18.5 Å². The van der Waals surface area contributed by atoms with E-state index < -0.39 is 6.04 Å². The number of carbonyl (C=O) groups is 1. The molecule has 20 heavy (non-hydrogen) atoms. The first-order valence-corrected chi connectivity index (χ1v) is 6.55. The van der Waals surface area contributed by atoms with Gasteiger partial charge in [-0.05, 0) is 13.0 Å². The maximum Gasteiger partial charge on any atom is 0.323 e. The number of carbonyl (C=O) groups excluding carboxylic acids is 1. The van der Waals surface area contributed by atoms with Gasteiger partial charge in [0, 0.05) is 19.2 Å². The van der Waals surface area contributed by atoms with Gasteiger partial charge in [0.2, 0.25) is 0 Å². The first-order chi connectivity index (χ1) is 9.69. The van der Waals surface area contributed by atoms with Crippen molar-refractivity contribution < 1.29 is 14.3 Å². The van der Waals surface area contributed by atoms with Gasteiger partial charge < -0.3 is 14.4 Å². The Hall–Kier alpha value is -2.08. The van der Waals surface area contributed by atoms with Crippen molar-refractivity contribution in [2.75, 3.05) is 26.9 Å². The zero-order valence-corrected chi connectivity index (χ0v) is 11.7. The van der Waals surface area contributed by atoms with Gasteiger partial charge >= 0.3 is 6.03 Å². The minimum atomic E-state index is -0.444. The van der Waals surface area contributed by atoms with E-state index in [1.807, 2.05) is 31.2 Å². The second-order valence-electron chi connectivity index (χ2n) is 4.40. The van der Waals surface area contributed by atoms with E-state index in [2.05, 4.69) is 5.32 Å². The highest BCUT2D eigenvalue weighted by Gasteiger charge is 2.37. The fourth-order valence-corrected chi connectivity index (χ4v) is 2.27. The van der Waals surface area contributed by atoms with Crippen molar-refractivity contribution in [2.45, 2.75) is 13.0 Å². The number of rotatable bonds is 6. The van der Waals surface area contributed by atoms with Crippen molar-refractivity contribution in [2.24, 2.45) is 0 Å². The number of urea groups is 1. The predicted octanol–water partition coefficient (Wildman–Crippen LogP) is 1.78. The third kappa shape index (κ3) is 2.75. The zero-order chi connectivity index (χ0) is 14.5. The maximum absolute atomic E-state index is 11.9. The van der Waals surface area contributed by atoms with Gasteiger partial charge in [0.15, 0.2) is 0 Å². The molecule has 2 N–H and O–H groups in total. The van der Waals surface area contributed by atoms with Crippen LogP contribution in [0.3, 0.4) is 0 Å². The lowest BCUT2D eigenvalue weighted by Gasteiger charge is -2.24. The Morgan fingerprint density at radius 2 is 2.15 bits per heavy atom. The highest BCUT2D eigenvalue weighted by molar-refractivity contribution is 6.06. The van der Waals surface area contributed by atoms with Crippen molar-refractivity contribution in [3.63, 3.8) is 0 Å². The molecule has 0 bridgehead atoms. The Bertz CT molecular complexity index is 504. The monoisotopic (exact) mass is 277 g/mol. The summed E-state index contributed by atoms with van der Waals surface area (Å²) in [5, 5.41) is 10.6. The van der Waals surface area contributed by atoms with E-state index in [1.165, 1.54) is 0 Å². The third-order valence-corrected chi connectivity index (χ3v) is 3.14. The Morgan fingerprint density at radius 1 is 1.40 bits per heavy atom. The van der Waals surface area contributed by atoms with E-state index >= 15 is 0 Å². The lowest BCUT2D eigenvalue weighted by atomic mass is 10.0. The minimum absolute atomic E-state index is 0.165. The van der Waals surface area contributed by atoms with Crippen LogP contribution in [0.5, 0.6) is 5.75 Å². The molecule has 1 aliphatic heterocycles. The summed E-state index contributed by atoms with van der Waals surface area (Å²) in [7, 11) is 1.59. The molecule has 1 unspecified atom stereocenters. The zero-order valence-electron chi connectivity index (χ0n) is 11.7. The first kappa shape index (κ1) is 14.3. The summed E-state index contributed by atoms with van der Waals surface area (Å²) in [6.45, 7) is 3.29. The lowest BCUT2D eigenvalue weighted by Crippen LogP contribution is -2.33. The van der Waals surface area contributed by atoms with E-state index in [9.17, 15) is 4.79 Å². The fourth-order valence-electron chi connectivity index (χ4n) is 2.27. The van der Waals surface area contributed by atoms with E-state index in [1.54, 1.807) is 12.0 Å². The molecule has 0 radical (unpaired) electrons. The lowest BCUT2D eigenvalue weighted by molar-refractivity contribution is 0.150. The minimum Gasteiger partial charge on any atom is -0.494 e. The number of ether oxygens (including phenoxy) is 2. The average molecular weight is 277 g/mol.